The predicted octanol–water partition coefficient (Wildman–Crippen LogP) is 2.65. The summed E-state index contributed by atoms with van der Waals surface area (Å²) in [6, 6.07) is 8.18. The third-order valence-electron chi connectivity index (χ3n) is 4.05. The van der Waals surface area contributed by atoms with Gasteiger partial charge in [0.2, 0.25) is 5.91 Å². The summed E-state index contributed by atoms with van der Waals surface area (Å²) < 4.78 is 23.3. The van der Waals surface area contributed by atoms with E-state index < -0.39 is 9.84 Å². The number of nitrogens with zero attached hydrogens (tertiary/aromatic N) is 1. The van der Waals surface area contributed by atoms with E-state index in [4.69, 9.17) is 0 Å². The fourth-order valence-corrected chi connectivity index (χ4v) is 5.40. The molecular weight excluding hydrogens is 330 g/mol. The van der Waals surface area contributed by atoms with Crippen molar-refractivity contribution in [2.24, 2.45) is 0 Å². The Morgan fingerprint density at radius 3 is 2.57 bits per heavy atom. The first-order valence-corrected chi connectivity index (χ1v) is 11.0. The maximum atomic E-state index is 12.5. The molecular formula is C17H25NO3S2. The average Bonchev–Trinajstić information content (AvgIpc) is 2.86. The molecule has 0 N–H and O–H groups in total. The summed E-state index contributed by atoms with van der Waals surface area (Å²) in [7, 11) is -2.96. The largest absolute Gasteiger partial charge is 0.338 e. The van der Waals surface area contributed by atoms with Crippen LogP contribution in [0.5, 0.6) is 0 Å². The molecule has 0 bridgehead atoms. The van der Waals surface area contributed by atoms with Crippen molar-refractivity contribution < 1.29 is 13.2 Å². The topological polar surface area (TPSA) is 54.5 Å². The molecule has 128 valence electrons. The summed E-state index contributed by atoms with van der Waals surface area (Å²) in [4.78, 5) is 14.3. The fraction of sp³-hybridized carbons (Fsp3) is 0.588. The van der Waals surface area contributed by atoms with Crippen LogP contribution in [0.3, 0.4) is 0 Å². The molecule has 1 saturated heterocycles. The Morgan fingerprint density at radius 2 is 2.00 bits per heavy atom. The van der Waals surface area contributed by atoms with Crippen LogP contribution < -0.4 is 0 Å². The average molecular weight is 356 g/mol. The van der Waals surface area contributed by atoms with Crippen molar-refractivity contribution >= 4 is 27.5 Å². The maximum Gasteiger partial charge on any atom is 0.232 e. The third-order valence-corrected chi connectivity index (χ3v) is 6.79. The number of carbonyl (C=O) groups is 1. The number of sulfone groups is 1. The van der Waals surface area contributed by atoms with Gasteiger partial charge in [-0.05, 0) is 25.3 Å². The zero-order valence-corrected chi connectivity index (χ0v) is 15.5. The van der Waals surface area contributed by atoms with Crippen molar-refractivity contribution in [3.63, 3.8) is 0 Å². The molecule has 6 heteroatoms. The Morgan fingerprint density at radius 1 is 1.30 bits per heavy atom. The van der Waals surface area contributed by atoms with Gasteiger partial charge in [-0.2, -0.15) is 0 Å². The minimum Gasteiger partial charge on any atom is -0.338 e. The highest BCUT2D eigenvalue weighted by Gasteiger charge is 2.33. The van der Waals surface area contributed by atoms with Crippen LogP contribution in [0.4, 0.5) is 0 Å². The van der Waals surface area contributed by atoms with E-state index in [-0.39, 0.29) is 23.5 Å². The van der Waals surface area contributed by atoms with Crippen molar-refractivity contribution in [3.8, 4) is 0 Å². The number of amides is 1. The molecule has 23 heavy (non-hydrogen) atoms. The van der Waals surface area contributed by atoms with E-state index in [1.54, 1.807) is 16.7 Å². The van der Waals surface area contributed by atoms with Crippen molar-refractivity contribution in [3.05, 3.63) is 35.4 Å². The summed E-state index contributed by atoms with van der Waals surface area (Å²) in [5.41, 5.74) is 2.44. The number of rotatable bonds is 7. The summed E-state index contributed by atoms with van der Waals surface area (Å²) >= 11 is 1.59. The number of thioether (sulfide) groups is 1. The summed E-state index contributed by atoms with van der Waals surface area (Å²) in [5.74, 6) is 1.61. The second kappa shape index (κ2) is 8.20. The highest BCUT2D eigenvalue weighted by molar-refractivity contribution is 7.99. The van der Waals surface area contributed by atoms with Gasteiger partial charge in [-0.15, -0.1) is 11.8 Å². The molecule has 0 radical (unpaired) electrons. The van der Waals surface area contributed by atoms with Gasteiger partial charge in [0.1, 0.15) is 0 Å². The van der Waals surface area contributed by atoms with Gasteiger partial charge in [0.05, 0.1) is 17.3 Å². The van der Waals surface area contributed by atoms with E-state index in [0.717, 1.165) is 12.2 Å². The number of hydrogen-bond donors (Lipinski definition) is 0. The molecule has 1 heterocycles. The lowest BCUT2D eigenvalue weighted by Crippen LogP contribution is -2.42. The molecule has 1 amide bonds. The quantitative estimate of drug-likeness (QED) is 0.754. The Balaban J connectivity index is 1.87. The van der Waals surface area contributed by atoms with E-state index in [2.05, 4.69) is 31.2 Å². The summed E-state index contributed by atoms with van der Waals surface area (Å²) in [5, 5.41) is 0. The number of benzene rings is 1. The lowest BCUT2D eigenvalue weighted by molar-refractivity contribution is -0.130. The maximum absolute atomic E-state index is 12.5. The first kappa shape index (κ1) is 18.3. The Hall–Kier alpha value is -1.01. The summed E-state index contributed by atoms with van der Waals surface area (Å²) in [6.45, 7) is 4.71. The van der Waals surface area contributed by atoms with Gasteiger partial charge in [-0.3, -0.25) is 4.79 Å². The Labute approximate surface area is 143 Å². The zero-order chi connectivity index (χ0) is 16.9. The second-order valence-corrected chi connectivity index (χ2v) is 9.34. The van der Waals surface area contributed by atoms with Crippen molar-refractivity contribution in [1.82, 2.24) is 4.90 Å². The third kappa shape index (κ3) is 5.53. The van der Waals surface area contributed by atoms with Crippen LogP contribution in [0.1, 0.15) is 30.9 Å². The second-order valence-electron chi connectivity index (χ2n) is 6.12. The van der Waals surface area contributed by atoms with Crippen LogP contribution in [0.2, 0.25) is 0 Å². The molecule has 0 spiro atoms. The van der Waals surface area contributed by atoms with Gasteiger partial charge in [0.15, 0.2) is 9.84 Å². The zero-order valence-electron chi connectivity index (χ0n) is 13.8. The monoisotopic (exact) mass is 355 g/mol. The standard InChI is InChI=1S/C17H25NO3S2/c1-3-9-18(16-8-10-23(20,21)13-16)17(19)12-22-11-15-6-4-14(2)5-7-15/h4-7,16H,3,8-13H2,1-2H3. The molecule has 1 aromatic rings. The minimum absolute atomic E-state index is 0.0612. The van der Waals surface area contributed by atoms with Gasteiger partial charge in [-0.25, -0.2) is 8.42 Å². The molecule has 1 aliphatic heterocycles. The van der Waals surface area contributed by atoms with E-state index >= 15 is 0 Å². The van der Waals surface area contributed by atoms with Crippen LogP contribution in [-0.4, -0.2) is 49.1 Å². The van der Waals surface area contributed by atoms with Crippen LogP contribution in [-0.2, 0) is 20.4 Å². The summed E-state index contributed by atoms with van der Waals surface area (Å²) in [6.07, 6.45) is 1.43. The van der Waals surface area contributed by atoms with E-state index in [0.29, 0.717) is 18.7 Å². The minimum atomic E-state index is -2.96. The fourth-order valence-electron chi connectivity index (χ4n) is 2.80. The van der Waals surface area contributed by atoms with E-state index in [1.165, 1.54) is 11.1 Å². The Bertz CT molecular complexity index is 626. The number of aryl methyl sites for hydroxylation is 1. The number of hydrogen-bond acceptors (Lipinski definition) is 4. The Kier molecular flexibility index (Phi) is 6.53. The molecule has 1 fully saturated rings. The van der Waals surface area contributed by atoms with Gasteiger partial charge in [0.25, 0.3) is 0 Å². The molecule has 0 aliphatic carbocycles. The molecule has 2 rings (SSSR count). The lowest BCUT2D eigenvalue weighted by Gasteiger charge is -2.27. The molecule has 0 aromatic heterocycles. The van der Waals surface area contributed by atoms with Crippen molar-refractivity contribution in [2.45, 2.75) is 38.5 Å². The molecule has 1 aliphatic rings. The molecule has 1 unspecified atom stereocenters. The molecule has 0 saturated carbocycles. The lowest BCUT2D eigenvalue weighted by atomic mass is 10.2. The molecule has 1 atom stereocenters. The highest BCUT2D eigenvalue weighted by atomic mass is 32.2. The van der Waals surface area contributed by atoms with Gasteiger partial charge >= 0.3 is 0 Å². The highest BCUT2D eigenvalue weighted by Crippen LogP contribution is 2.20. The normalized spacial score (nSPS) is 19.7. The first-order chi connectivity index (χ1) is 10.9. The van der Waals surface area contributed by atoms with Crippen LogP contribution in [0.15, 0.2) is 24.3 Å². The SMILES string of the molecule is CCCN(C(=O)CSCc1ccc(C)cc1)C1CCS(=O)(=O)C1. The predicted molar refractivity (Wildman–Crippen MR) is 96.4 cm³/mol. The van der Waals surface area contributed by atoms with Crippen LogP contribution >= 0.6 is 11.8 Å². The molecule has 4 nitrogen and oxygen atoms in total. The van der Waals surface area contributed by atoms with Crippen LogP contribution in [0.25, 0.3) is 0 Å². The van der Waals surface area contributed by atoms with E-state index in [9.17, 15) is 13.2 Å². The van der Waals surface area contributed by atoms with E-state index in [1.807, 2.05) is 6.92 Å². The van der Waals surface area contributed by atoms with Crippen molar-refractivity contribution in [2.75, 3.05) is 23.8 Å². The van der Waals surface area contributed by atoms with Crippen molar-refractivity contribution in [1.29, 1.82) is 0 Å². The van der Waals surface area contributed by atoms with Gasteiger partial charge in [-0.1, -0.05) is 36.8 Å². The first-order valence-electron chi connectivity index (χ1n) is 8.04. The van der Waals surface area contributed by atoms with Gasteiger partial charge in [0, 0.05) is 18.3 Å². The smallest absolute Gasteiger partial charge is 0.232 e. The van der Waals surface area contributed by atoms with Crippen LogP contribution in [0, 0.1) is 6.92 Å². The number of carbonyl (C=O) groups excluding carboxylic acids is 1. The molecule has 1 aromatic carbocycles. The van der Waals surface area contributed by atoms with Gasteiger partial charge < -0.3 is 4.90 Å².